The van der Waals surface area contributed by atoms with Crippen LogP contribution in [0.3, 0.4) is 0 Å². The molecule has 0 bridgehead atoms. The Morgan fingerprint density at radius 1 is 1.21 bits per heavy atom. The van der Waals surface area contributed by atoms with E-state index in [1.54, 1.807) is 26.3 Å². The van der Waals surface area contributed by atoms with Gasteiger partial charge in [-0.15, -0.1) is 18.3 Å². The van der Waals surface area contributed by atoms with Gasteiger partial charge in [0.1, 0.15) is 11.3 Å². The number of allylic oxidation sites excluding steroid dienone is 1. The summed E-state index contributed by atoms with van der Waals surface area (Å²) < 4.78 is 38.1. The number of nitrogens with zero attached hydrogens (tertiary/aromatic N) is 4. The van der Waals surface area contributed by atoms with E-state index in [0.717, 1.165) is 49.4 Å². The largest absolute Gasteiger partial charge is 0.490 e. The molecule has 284 valence electrons. The van der Waals surface area contributed by atoms with Gasteiger partial charge in [0.25, 0.3) is 5.91 Å². The van der Waals surface area contributed by atoms with Gasteiger partial charge in [-0.1, -0.05) is 36.7 Å². The Labute approximate surface area is 318 Å². The molecule has 3 aromatic rings. The molecule has 6 rings (SSSR count). The Kier molecular flexibility index (Phi) is 11.9. The van der Waals surface area contributed by atoms with Crippen molar-refractivity contribution in [2.24, 2.45) is 29.2 Å². The topological polar surface area (TPSA) is 112 Å². The molecule has 53 heavy (non-hydrogen) atoms. The highest BCUT2D eigenvalue weighted by Crippen LogP contribution is 2.47. The molecule has 0 saturated heterocycles. The van der Waals surface area contributed by atoms with Crippen molar-refractivity contribution in [1.29, 1.82) is 0 Å². The lowest BCUT2D eigenvalue weighted by atomic mass is 9.68. The van der Waals surface area contributed by atoms with Gasteiger partial charge in [-0.3, -0.25) is 14.3 Å². The quantitative estimate of drug-likeness (QED) is 0.123. The van der Waals surface area contributed by atoms with Crippen LogP contribution in [-0.4, -0.2) is 77.2 Å². The number of hydrogen-bond acceptors (Lipinski definition) is 8. The van der Waals surface area contributed by atoms with E-state index in [-0.39, 0.29) is 40.2 Å². The summed E-state index contributed by atoms with van der Waals surface area (Å²) >= 11 is 6.46. The van der Waals surface area contributed by atoms with E-state index < -0.39 is 27.2 Å². The van der Waals surface area contributed by atoms with Gasteiger partial charge in [-0.2, -0.15) is 4.36 Å². The van der Waals surface area contributed by atoms with E-state index in [9.17, 15) is 13.8 Å². The van der Waals surface area contributed by atoms with Crippen LogP contribution < -0.4 is 14.4 Å². The summed E-state index contributed by atoms with van der Waals surface area (Å²) in [5.41, 5.74) is 3.50. The van der Waals surface area contributed by atoms with E-state index in [1.807, 2.05) is 31.2 Å². The molecule has 0 unspecified atom stereocenters. The van der Waals surface area contributed by atoms with Crippen molar-refractivity contribution in [3.8, 4) is 11.6 Å². The average molecular weight is 763 g/mol. The van der Waals surface area contributed by atoms with Crippen molar-refractivity contribution in [3.63, 3.8) is 0 Å². The number of hydrogen-bond donors (Lipinski definition) is 0. The molecule has 2 aliphatic carbocycles. The molecule has 0 radical (unpaired) electrons. The minimum atomic E-state index is -3.35. The number of rotatable bonds is 14. The normalized spacial score (nSPS) is 22.8. The van der Waals surface area contributed by atoms with Gasteiger partial charge in [-0.25, -0.2) is 4.21 Å². The second-order valence-corrected chi connectivity index (χ2v) is 17.8. The number of amides is 1. The van der Waals surface area contributed by atoms with Crippen molar-refractivity contribution in [2.75, 3.05) is 50.3 Å². The number of benzene rings is 2. The molecule has 2 heterocycles. The number of ketones is 1. The molecule has 2 aromatic carbocycles. The summed E-state index contributed by atoms with van der Waals surface area (Å²) in [6.45, 7) is 11.7. The second kappa shape index (κ2) is 16.2. The first-order valence-electron chi connectivity index (χ1n) is 18.4. The fraction of sp³-hybridized carbons (Fsp3) is 0.488. The van der Waals surface area contributed by atoms with Gasteiger partial charge in [0.15, 0.2) is 5.78 Å². The van der Waals surface area contributed by atoms with Crippen LogP contribution in [0.1, 0.15) is 70.9 Å². The minimum absolute atomic E-state index is 0.0411. The number of aromatic nitrogens is 2. The van der Waals surface area contributed by atoms with Gasteiger partial charge >= 0.3 is 0 Å². The average Bonchev–Trinajstić information content (AvgIpc) is 3.44. The highest BCUT2D eigenvalue weighted by Gasteiger charge is 2.44. The highest BCUT2D eigenvalue weighted by molar-refractivity contribution is 7.94. The zero-order valence-corrected chi connectivity index (χ0v) is 32.8. The lowest BCUT2D eigenvalue weighted by Crippen LogP contribution is -2.49. The maximum absolute atomic E-state index is 14.6. The third-order valence-corrected chi connectivity index (χ3v) is 13.7. The van der Waals surface area contributed by atoms with Gasteiger partial charge in [0.05, 0.1) is 41.0 Å². The predicted octanol–water partition coefficient (Wildman–Crippen LogP) is 7.49. The molecule has 10 nitrogen and oxygen atoms in total. The second-order valence-electron chi connectivity index (χ2n) is 15.0. The van der Waals surface area contributed by atoms with E-state index in [4.69, 9.17) is 25.8 Å². The van der Waals surface area contributed by atoms with E-state index in [2.05, 4.69) is 39.7 Å². The number of carbonyl (C=O) groups excluding carboxylic acids is 2. The molecule has 1 aromatic heterocycles. The first kappa shape index (κ1) is 38.8. The number of fused-ring (bicyclic) bond motifs is 3. The fourth-order valence-corrected chi connectivity index (χ4v) is 10.9. The summed E-state index contributed by atoms with van der Waals surface area (Å²) in [7, 11) is 1.48. The van der Waals surface area contributed by atoms with E-state index in [1.165, 1.54) is 29.1 Å². The van der Waals surface area contributed by atoms with Crippen LogP contribution in [0.25, 0.3) is 0 Å². The van der Waals surface area contributed by atoms with Crippen molar-refractivity contribution >= 4 is 38.7 Å². The molecule has 1 fully saturated rings. The first-order chi connectivity index (χ1) is 25.4. The molecule has 0 N–H and O–H groups in total. The Morgan fingerprint density at radius 2 is 2.02 bits per heavy atom. The van der Waals surface area contributed by atoms with Crippen LogP contribution in [0.2, 0.25) is 5.02 Å². The van der Waals surface area contributed by atoms with Crippen molar-refractivity contribution in [3.05, 3.63) is 95.2 Å². The first-order valence-corrected chi connectivity index (χ1v) is 20.6. The highest BCUT2D eigenvalue weighted by atomic mass is 35.5. The Morgan fingerprint density at radius 3 is 2.72 bits per heavy atom. The maximum Gasteiger partial charge on any atom is 0.285 e. The SMILES string of the molecule is C=CC[C@H](C)C[S@@](=O)(CC(=O)c1cn(C)nc1OC)=NC(=O)c1ccc2c(c1)N(C[C@@H]1CC[C@H]1[C@H](C=C)OC)C[C@@]1(CCCc3cc(Cl)ccc31)CO2. The van der Waals surface area contributed by atoms with Crippen molar-refractivity contribution in [1.82, 2.24) is 9.78 Å². The predicted molar refractivity (Wildman–Crippen MR) is 210 cm³/mol. The Balaban J connectivity index is 1.37. The summed E-state index contributed by atoms with van der Waals surface area (Å²) in [5, 5.41) is 4.90. The molecular formula is C41H51ClN4O6S. The number of Topliss-reactive ketones (excluding diaryl/α,β-unsaturated/α-hetero) is 1. The lowest BCUT2D eigenvalue weighted by Gasteiger charge is -2.46. The van der Waals surface area contributed by atoms with Crippen LogP contribution in [0.5, 0.6) is 11.6 Å². The van der Waals surface area contributed by atoms with Gasteiger partial charge in [0, 0.05) is 55.2 Å². The van der Waals surface area contributed by atoms with E-state index in [0.29, 0.717) is 37.2 Å². The van der Waals surface area contributed by atoms with Gasteiger partial charge in [0.2, 0.25) is 5.88 Å². The number of methoxy groups -OCH3 is 2. The van der Waals surface area contributed by atoms with E-state index >= 15 is 0 Å². The molecule has 3 aliphatic rings. The molecule has 1 spiro atoms. The van der Waals surface area contributed by atoms with Gasteiger partial charge in [-0.05, 0) is 97.7 Å². The molecule has 12 heteroatoms. The Hall–Kier alpha value is -3.93. The molecular weight excluding hydrogens is 712 g/mol. The third kappa shape index (κ3) is 8.27. The van der Waals surface area contributed by atoms with Crippen molar-refractivity contribution in [2.45, 2.75) is 57.0 Å². The monoisotopic (exact) mass is 762 g/mol. The van der Waals surface area contributed by atoms with Crippen molar-refractivity contribution < 1.29 is 28.0 Å². The number of ether oxygens (including phenoxy) is 3. The van der Waals surface area contributed by atoms with Gasteiger partial charge < -0.3 is 19.1 Å². The van der Waals surface area contributed by atoms with Crippen LogP contribution in [0.15, 0.2) is 72.3 Å². The maximum atomic E-state index is 14.6. The summed E-state index contributed by atoms with van der Waals surface area (Å²) in [4.78, 5) is 30.0. The zero-order chi connectivity index (χ0) is 37.9. The number of carbonyl (C=O) groups is 2. The summed E-state index contributed by atoms with van der Waals surface area (Å²) in [6.07, 6.45) is 10.7. The molecule has 1 amide bonds. The standard InChI is InChI=1S/C41H51ClN4O6S/c1-7-10-27(3)23-53(49,24-36(47)33-22-45(4)43-40(33)51-6)44-39(48)29-13-17-38-35(20-29)46(21-30-12-15-32(30)37(8-2)50-5)25-41(26-52-38)18-9-11-28-19-31(42)14-16-34(28)41/h7-8,13-14,16-17,19-20,22,27,30,32,37H,1-2,9-12,15,18,21,23-26H2,3-6H3/t27-,30-,32+,37-,41-,53+/m0/s1. The fourth-order valence-electron chi connectivity index (χ4n) is 8.45. The van der Waals surface area contributed by atoms with Crippen LogP contribution >= 0.6 is 11.6 Å². The number of halogens is 1. The number of anilines is 1. The van der Waals surface area contributed by atoms with Crippen LogP contribution in [0, 0.1) is 17.8 Å². The van der Waals surface area contributed by atoms with Crippen LogP contribution in [0.4, 0.5) is 5.69 Å². The molecule has 6 atom stereocenters. The molecule has 1 aliphatic heterocycles. The smallest absolute Gasteiger partial charge is 0.285 e. The minimum Gasteiger partial charge on any atom is -0.490 e. The zero-order valence-electron chi connectivity index (χ0n) is 31.2. The number of aryl methyl sites for hydroxylation is 2. The van der Waals surface area contributed by atoms with Crippen LogP contribution in [-0.2, 0) is 33.3 Å². The third-order valence-electron chi connectivity index (χ3n) is 11.2. The lowest BCUT2D eigenvalue weighted by molar-refractivity contribution is 0.0135. The molecule has 1 saturated carbocycles. The Bertz CT molecular complexity index is 2000. The summed E-state index contributed by atoms with van der Waals surface area (Å²) in [5.74, 6) is -0.111. The summed E-state index contributed by atoms with van der Waals surface area (Å²) in [6, 6.07) is 11.5.